The molecule has 3 aromatic rings. The minimum atomic E-state index is -5.03. The van der Waals surface area contributed by atoms with Gasteiger partial charge in [0.2, 0.25) is 0 Å². The first-order valence-corrected chi connectivity index (χ1v) is 9.97. The van der Waals surface area contributed by atoms with Crippen LogP contribution in [0.5, 0.6) is 0 Å². The summed E-state index contributed by atoms with van der Waals surface area (Å²) in [6, 6.07) is 11.4. The summed E-state index contributed by atoms with van der Waals surface area (Å²) in [7, 11) is -4.42. The van der Waals surface area contributed by atoms with Gasteiger partial charge in [-0.3, -0.25) is 4.72 Å². The van der Waals surface area contributed by atoms with Gasteiger partial charge in [0.25, 0.3) is 10.0 Å². The van der Waals surface area contributed by atoms with Gasteiger partial charge in [0.1, 0.15) is 11.6 Å². The minimum Gasteiger partial charge on any atom is -0.263 e. The number of anilines is 1. The molecule has 1 heterocycles. The normalized spacial score (nSPS) is 12.1. The van der Waals surface area contributed by atoms with E-state index >= 15 is 0 Å². The molecule has 29 heavy (non-hydrogen) atoms. The van der Waals surface area contributed by atoms with Crippen LogP contribution < -0.4 is 4.72 Å². The molecule has 4 nitrogen and oxygen atoms in total. The first-order valence-electron chi connectivity index (χ1n) is 8.11. The Hall–Kier alpha value is -2.65. The van der Waals surface area contributed by atoms with Crippen molar-refractivity contribution in [3.63, 3.8) is 0 Å². The van der Waals surface area contributed by atoms with Crippen LogP contribution in [0.4, 0.5) is 23.4 Å². The van der Waals surface area contributed by atoms with Crippen LogP contribution in [0.1, 0.15) is 11.3 Å². The third-order valence-electron chi connectivity index (χ3n) is 4.04. The number of hydrogen-bond donors (Lipinski definition) is 1. The molecule has 0 aliphatic heterocycles. The fourth-order valence-corrected chi connectivity index (χ4v) is 3.93. The summed E-state index contributed by atoms with van der Waals surface area (Å²) >= 11 is 6.16. The molecular weight excluding hydrogens is 432 g/mol. The van der Waals surface area contributed by atoms with Gasteiger partial charge in [-0.1, -0.05) is 29.8 Å². The van der Waals surface area contributed by atoms with Gasteiger partial charge < -0.3 is 0 Å². The smallest absolute Gasteiger partial charge is 0.263 e. The molecule has 152 valence electrons. The van der Waals surface area contributed by atoms with Crippen molar-refractivity contribution in [2.45, 2.75) is 18.0 Å². The van der Waals surface area contributed by atoms with E-state index in [1.807, 2.05) is 0 Å². The van der Waals surface area contributed by atoms with Crippen molar-refractivity contribution < 1.29 is 26.0 Å². The molecule has 0 radical (unpaired) electrons. The van der Waals surface area contributed by atoms with Crippen LogP contribution in [0.25, 0.3) is 11.1 Å². The molecule has 0 bridgehead atoms. The number of rotatable bonds is 4. The van der Waals surface area contributed by atoms with Crippen LogP contribution in [0, 0.1) is 12.7 Å². The molecule has 0 atom stereocenters. The first-order chi connectivity index (χ1) is 13.5. The Morgan fingerprint density at radius 1 is 1.00 bits per heavy atom. The average Bonchev–Trinajstić information content (AvgIpc) is 2.61. The summed E-state index contributed by atoms with van der Waals surface area (Å²) in [5.74, 6) is -1.66. The molecule has 2 aromatic carbocycles. The lowest BCUT2D eigenvalue weighted by Crippen LogP contribution is -2.16. The lowest BCUT2D eigenvalue weighted by atomic mass is 10.0. The molecule has 0 fully saturated rings. The van der Waals surface area contributed by atoms with Crippen LogP contribution in [0.2, 0.25) is 5.02 Å². The van der Waals surface area contributed by atoms with E-state index in [2.05, 4.69) is 9.71 Å². The van der Waals surface area contributed by atoms with Crippen molar-refractivity contribution in [1.82, 2.24) is 4.98 Å². The predicted molar refractivity (Wildman–Crippen MR) is 102 cm³/mol. The Labute approximate surface area is 169 Å². The van der Waals surface area contributed by atoms with Crippen LogP contribution >= 0.6 is 11.6 Å². The summed E-state index contributed by atoms with van der Waals surface area (Å²) in [5, 5.41) is 0.483. The Bertz CT molecular complexity index is 1180. The van der Waals surface area contributed by atoms with Gasteiger partial charge in [-0.2, -0.15) is 13.2 Å². The number of halogens is 5. The van der Waals surface area contributed by atoms with Gasteiger partial charge in [0, 0.05) is 21.8 Å². The largest absolute Gasteiger partial charge is 0.419 e. The number of aromatic nitrogens is 1. The van der Waals surface area contributed by atoms with Gasteiger partial charge in [-0.25, -0.2) is 17.8 Å². The van der Waals surface area contributed by atoms with Crippen LogP contribution in [-0.2, 0) is 16.2 Å². The van der Waals surface area contributed by atoms with E-state index in [0.29, 0.717) is 27.9 Å². The standard InChI is InChI=1S/C19H13ClF4N2O2S/c1-11-13(14-4-2-3-5-16(14)20)7-9-18(25-11)26-29(27,28)12-6-8-17(21)15(10-12)19(22,23)24/h2-10H,1H3,(H,25,26). The molecule has 0 unspecified atom stereocenters. The molecule has 0 aliphatic rings. The third kappa shape index (κ3) is 4.51. The van der Waals surface area contributed by atoms with E-state index in [1.165, 1.54) is 6.07 Å². The Kier molecular flexibility index (Phi) is 5.55. The van der Waals surface area contributed by atoms with E-state index < -0.39 is 32.5 Å². The minimum absolute atomic E-state index is 0.101. The lowest BCUT2D eigenvalue weighted by Gasteiger charge is -2.13. The second kappa shape index (κ2) is 7.64. The number of nitrogens with one attached hydrogen (secondary N) is 1. The highest BCUT2D eigenvalue weighted by Gasteiger charge is 2.35. The number of pyridine rings is 1. The highest BCUT2D eigenvalue weighted by atomic mass is 35.5. The quantitative estimate of drug-likeness (QED) is 0.527. The van der Waals surface area contributed by atoms with E-state index in [0.717, 1.165) is 6.07 Å². The lowest BCUT2D eigenvalue weighted by molar-refractivity contribution is -0.140. The number of nitrogens with zero attached hydrogens (tertiary/aromatic N) is 1. The SMILES string of the molecule is Cc1nc(NS(=O)(=O)c2ccc(F)c(C(F)(F)F)c2)ccc1-c1ccccc1Cl. The second-order valence-electron chi connectivity index (χ2n) is 6.05. The van der Waals surface area contributed by atoms with E-state index in [1.54, 1.807) is 37.3 Å². The molecule has 0 spiro atoms. The molecule has 0 amide bonds. The average molecular weight is 445 g/mol. The van der Waals surface area contributed by atoms with Crippen molar-refractivity contribution >= 4 is 27.4 Å². The van der Waals surface area contributed by atoms with Gasteiger partial charge in [0.05, 0.1) is 10.5 Å². The van der Waals surface area contributed by atoms with Crippen molar-refractivity contribution in [2.24, 2.45) is 0 Å². The van der Waals surface area contributed by atoms with Gasteiger partial charge in [-0.05, 0) is 43.3 Å². The van der Waals surface area contributed by atoms with Crippen LogP contribution in [0.3, 0.4) is 0 Å². The highest BCUT2D eigenvalue weighted by molar-refractivity contribution is 7.92. The Morgan fingerprint density at radius 3 is 2.31 bits per heavy atom. The third-order valence-corrected chi connectivity index (χ3v) is 5.72. The summed E-state index contributed by atoms with van der Waals surface area (Å²) in [5.41, 5.74) is 0.147. The van der Waals surface area contributed by atoms with E-state index in [9.17, 15) is 26.0 Å². The molecule has 0 saturated heterocycles. The number of sulfonamides is 1. The first kappa shape index (κ1) is 21.1. The second-order valence-corrected chi connectivity index (χ2v) is 8.14. The van der Waals surface area contributed by atoms with Gasteiger partial charge in [-0.15, -0.1) is 0 Å². The summed E-state index contributed by atoms with van der Waals surface area (Å²) in [6.07, 6.45) is -5.03. The molecule has 1 aromatic heterocycles. The molecule has 0 saturated carbocycles. The summed E-state index contributed by atoms with van der Waals surface area (Å²) < 4.78 is 79.0. The van der Waals surface area contributed by atoms with E-state index in [4.69, 9.17) is 11.6 Å². The fraction of sp³-hybridized carbons (Fsp3) is 0.105. The van der Waals surface area contributed by atoms with E-state index in [-0.39, 0.29) is 11.9 Å². The maximum absolute atomic E-state index is 13.4. The highest BCUT2D eigenvalue weighted by Crippen LogP contribution is 2.33. The maximum atomic E-state index is 13.4. The topological polar surface area (TPSA) is 59.1 Å². The molecule has 10 heteroatoms. The Balaban J connectivity index is 1.94. The zero-order valence-electron chi connectivity index (χ0n) is 14.8. The molecule has 3 rings (SSSR count). The molecular formula is C19H13ClF4N2O2S. The van der Waals surface area contributed by atoms with Gasteiger partial charge >= 0.3 is 6.18 Å². The van der Waals surface area contributed by atoms with Crippen molar-refractivity contribution in [3.8, 4) is 11.1 Å². The maximum Gasteiger partial charge on any atom is 0.419 e. The monoisotopic (exact) mass is 444 g/mol. The van der Waals surface area contributed by atoms with Crippen LogP contribution in [0.15, 0.2) is 59.5 Å². The zero-order chi connectivity index (χ0) is 21.4. The molecule has 1 N–H and O–H groups in total. The number of alkyl halides is 3. The predicted octanol–water partition coefficient (Wildman–Crippen LogP) is 5.67. The van der Waals surface area contributed by atoms with Gasteiger partial charge in [0.15, 0.2) is 0 Å². The summed E-state index contributed by atoms with van der Waals surface area (Å²) in [6.45, 7) is 1.64. The fourth-order valence-electron chi connectivity index (χ4n) is 2.67. The number of hydrogen-bond acceptors (Lipinski definition) is 3. The van der Waals surface area contributed by atoms with Crippen LogP contribution in [-0.4, -0.2) is 13.4 Å². The summed E-state index contributed by atoms with van der Waals surface area (Å²) in [4.78, 5) is 3.41. The van der Waals surface area contributed by atoms with Crippen molar-refractivity contribution in [2.75, 3.05) is 4.72 Å². The number of benzene rings is 2. The number of aryl methyl sites for hydroxylation is 1. The zero-order valence-corrected chi connectivity index (χ0v) is 16.3. The Morgan fingerprint density at radius 2 is 1.69 bits per heavy atom. The van der Waals surface area contributed by atoms with Crippen molar-refractivity contribution in [3.05, 3.63) is 76.7 Å². The molecule has 0 aliphatic carbocycles. The van der Waals surface area contributed by atoms with Crippen molar-refractivity contribution in [1.29, 1.82) is 0 Å².